The Morgan fingerprint density at radius 3 is 1.50 bits per heavy atom. The van der Waals surface area contributed by atoms with Crippen LogP contribution in [0.3, 0.4) is 0 Å². The minimum atomic E-state index is -3.92. The number of nitrogen functional groups attached to an aromatic ring is 2. The lowest BCUT2D eigenvalue weighted by Crippen LogP contribution is -2.30. The zero-order valence-electron chi connectivity index (χ0n) is 42.2. The van der Waals surface area contributed by atoms with Gasteiger partial charge in [0.1, 0.15) is 11.6 Å². The number of pyridine rings is 2. The topological polar surface area (TPSA) is 332 Å². The van der Waals surface area contributed by atoms with E-state index in [1.54, 1.807) is 45.7 Å². The molecule has 10 rings (SSSR count). The van der Waals surface area contributed by atoms with E-state index in [2.05, 4.69) is 46.5 Å². The van der Waals surface area contributed by atoms with Gasteiger partial charge in [0.25, 0.3) is 11.1 Å². The number of benzene rings is 6. The van der Waals surface area contributed by atoms with Gasteiger partial charge in [0.05, 0.1) is 47.2 Å². The second-order valence-corrected chi connectivity index (χ2v) is 22.5. The molecule has 0 radical (unpaired) electrons. The molecule has 4 heterocycles. The van der Waals surface area contributed by atoms with Crippen LogP contribution in [0.1, 0.15) is 37.3 Å². The number of rotatable bonds is 12. The number of sulfonamides is 2. The van der Waals surface area contributed by atoms with Gasteiger partial charge in [-0.05, 0) is 124 Å². The first-order valence-corrected chi connectivity index (χ1v) is 28.5. The number of halogens is 3. The lowest BCUT2D eigenvalue weighted by atomic mass is 9.81. The summed E-state index contributed by atoms with van der Waals surface area (Å²) >= 11 is 16.2. The maximum atomic E-state index is 13.7. The maximum Gasteiger partial charge on any atom is 0.488 e. The molecule has 0 aliphatic heterocycles. The van der Waals surface area contributed by atoms with Crippen LogP contribution in [0.4, 0.5) is 23.5 Å². The molecule has 0 aliphatic carbocycles. The lowest BCUT2D eigenvalue weighted by molar-refractivity contribution is 0.425. The van der Waals surface area contributed by atoms with E-state index in [9.17, 15) is 26.4 Å². The molecular formula is C54H48BBrCl2N12O8S2. The van der Waals surface area contributed by atoms with Crippen molar-refractivity contribution >= 4 is 117 Å². The quantitative estimate of drug-likeness (QED) is 0.0550. The highest BCUT2D eigenvalue weighted by Crippen LogP contribution is 2.33. The van der Waals surface area contributed by atoms with Crippen molar-refractivity contribution in [3.05, 3.63) is 217 Å². The Kier molecular flexibility index (Phi) is 17.8. The standard InChI is InChI=1S/C27H23ClN6O3S.C21H17BrClN5O.C6H8BNO4S/c1-16(32-25-21(15-31-27(29)33-25)17-7-5-11-20(13-17)38(30,36)37)23-14-18-8-6-12-22(28)24(18)26(35)34(23)19-9-3-2-4-10-19;1-12(26-19-15(22)11-25-21(24)27-19)17-10-13-6-5-9-16(23)18(13)20(29)28(17)14-7-3-2-4-8-14;8-13(11,12)6-3-1-2-5(4-6)7(9)10/h2-16H,1H3,(H2,30,36,37)(H3,29,31,32,33);2-12H,1H3,(H3,24,25,26,27);1-4,9-10H,(H2,8,11,12)/t16-;12-;/m00./s1. The average molecular weight is 1220 g/mol. The molecule has 0 aliphatic rings. The molecule has 20 nitrogen and oxygen atoms in total. The Balaban J connectivity index is 0.000000176. The van der Waals surface area contributed by atoms with E-state index in [1.807, 2.05) is 105 Å². The number of aromatic nitrogens is 6. The Morgan fingerprint density at radius 2 is 1.01 bits per heavy atom. The van der Waals surface area contributed by atoms with Crippen molar-refractivity contribution in [2.75, 3.05) is 22.1 Å². The third-order valence-corrected chi connectivity index (χ3v) is 15.2. The van der Waals surface area contributed by atoms with E-state index in [-0.39, 0.29) is 44.3 Å². The molecule has 6 aromatic carbocycles. The van der Waals surface area contributed by atoms with Crippen LogP contribution in [-0.2, 0) is 20.0 Å². The van der Waals surface area contributed by atoms with Crippen LogP contribution < -0.4 is 49.0 Å². The van der Waals surface area contributed by atoms with Gasteiger partial charge in [-0.15, -0.1) is 0 Å². The molecule has 0 amide bonds. The summed E-state index contributed by atoms with van der Waals surface area (Å²) in [6.45, 7) is 3.84. The van der Waals surface area contributed by atoms with Crippen molar-refractivity contribution in [3.8, 4) is 22.5 Å². The van der Waals surface area contributed by atoms with Gasteiger partial charge < -0.3 is 32.1 Å². The van der Waals surface area contributed by atoms with Gasteiger partial charge in [-0.3, -0.25) is 18.7 Å². The van der Waals surface area contributed by atoms with Gasteiger partial charge in [0.2, 0.25) is 31.9 Å². The fourth-order valence-electron chi connectivity index (χ4n) is 8.45. The predicted molar refractivity (Wildman–Crippen MR) is 318 cm³/mol. The third-order valence-electron chi connectivity index (χ3n) is 12.2. The summed E-state index contributed by atoms with van der Waals surface area (Å²) in [6, 6.07) is 43.9. The minimum Gasteiger partial charge on any atom is -0.423 e. The summed E-state index contributed by atoms with van der Waals surface area (Å²) in [4.78, 5) is 43.7. The van der Waals surface area contributed by atoms with Crippen molar-refractivity contribution in [1.29, 1.82) is 0 Å². The Bertz CT molecular complexity index is 4310. The van der Waals surface area contributed by atoms with Crippen LogP contribution in [-0.4, -0.2) is 63.1 Å². The van der Waals surface area contributed by atoms with Crippen LogP contribution in [0.5, 0.6) is 0 Å². The van der Waals surface area contributed by atoms with E-state index in [0.717, 1.165) is 22.8 Å². The molecule has 0 unspecified atom stereocenters. The third kappa shape index (κ3) is 13.3. The molecule has 0 fully saturated rings. The van der Waals surface area contributed by atoms with E-state index in [1.165, 1.54) is 36.5 Å². The van der Waals surface area contributed by atoms with Crippen molar-refractivity contribution < 1.29 is 26.9 Å². The van der Waals surface area contributed by atoms with Crippen LogP contribution >= 0.6 is 39.1 Å². The Labute approximate surface area is 477 Å². The molecule has 10 aromatic rings. The van der Waals surface area contributed by atoms with Crippen LogP contribution in [0, 0.1) is 0 Å². The van der Waals surface area contributed by atoms with Gasteiger partial charge in [0, 0.05) is 40.7 Å². The van der Waals surface area contributed by atoms with Gasteiger partial charge in [0.15, 0.2) is 0 Å². The largest absolute Gasteiger partial charge is 0.488 e. The monoisotopic (exact) mass is 1220 g/mol. The van der Waals surface area contributed by atoms with Crippen molar-refractivity contribution in [1.82, 2.24) is 29.1 Å². The van der Waals surface area contributed by atoms with Crippen molar-refractivity contribution in [2.24, 2.45) is 10.3 Å². The van der Waals surface area contributed by atoms with Crippen molar-refractivity contribution in [2.45, 2.75) is 35.7 Å². The number of nitrogens with one attached hydrogen (secondary N) is 2. The molecular weight excluding hydrogens is 1170 g/mol. The zero-order chi connectivity index (χ0) is 57.6. The number of para-hydroxylation sites is 2. The van der Waals surface area contributed by atoms with Gasteiger partial charge in [-0.25, -0.2) is 37.1 Å². The number of fused-ring (bicyclic) bond motifs is 2. The van der Waals surface area contributed by atoms with E-state index < -0.39 is 33.2 Å². The number of hydrogen-bond donors (Lipinski definition) is 8. The van der Waals surface area contributed by atoms with E-state index in [0.29, 0.717) is 64.8 Å². The molecule has 408 valence electrons. The minimum absolute atomic E-state index is 0.0248. The molecule has 0 bridgehead atoms. The first kappa shape index (κ1) is 58.1. The summed E-state index contributed by atoms with van der Waals surface area (Å²) in [5.74, 6) is 1.09. The first-order valence-electron chi connectivity index (χ1n) is 23.8. The Morgan fingerprint density at radius 1 is 0.575 bits per heavy atom. The Hall–Kier alpha value is -8.04. The van der Waals surface area contributed by atoms with E-state index >= 15 is 0 Å². The molecule has 2 atom stereocenters. The van der Waals surface area contributed by atoms with Crippen LogP contribution in [0.15, 0.2) is 194 Å². The van der Waals surface area contributed by atoms with Gasteiger partial charge in [-0.2, -0.15) is 9.97 Å². The first-order chi connectivity index (χ1) is 38.0. The number of nitrogens with zero attached hydrogens (tertiary/aromatic N) is 6. The summed E-state index contributed by atoms with van der Waals surface area (Å²) in [5.41, 5.74) is 15.2. The normalized spacial score (nSPS) is 12.1. The molecule has 4 aromatic heterocycles. The summed E-state index contributed by atoms with van der Waals surface area (Å²) in [7, 11) is -9.39. The molecule has 0 saturated carbocycles. The van der Waals surface area contributed by atoms with Crippen LogP contribution in [0.2, 0.25) is 10.0 Å². The smallest absolute Gasteiger partial charge is 0.423 e. The summed E-state index contributed by atoms with van der Waals surface area (Å²) in [6.07, 6.45) is 3.09. The highest BCUT2D eigenvalue weighted by Gasteiger charge is 2.23. The number of hydrogen-bond acceptors (Lipinski definition) is 16. The number of nitrogens with two attached hydrogens (primary N) is 4. The second-order valence-electron chi connectivity index (χ2n) is 17.7. The fraction of sp³-hybridized carbons (Fsp3) is 0.0741. The second kappa shape index (κ2) is 24.5. The van der Waals surface area contributed by atoms with E-state index in [4.69, 9.17) is 55.0 Å². The number of primary sulfonamides is 2. The van der Waals surface area contributed by atoms with Gasteiger partial charge >= 0.3 is 7.12 Å². The zero-order valence-corrected chi connectivity index (χ0v) is 46.9. The molecule has 80 heavy (non-hydrogen) atoms. The fourth-order valence-corrected chi connectivity index (χ4v) is 10.4. The van der Waals surface area contributed by atoms with Gasteiger partial charge in [-0.1, -0.05) is 108 Å². The molecule has 0 saturated heterocycles. The lowest BCUT2D eigenvalue weighted by Gasteiger charge is -2.23. The summed E-state index contributed by atoms with van der Waals surface area (Å²) < 4.78 is 49.4. The molecule has 0 spiro atoms. The maximum absolute atomic E-state index is 13.7. The highest BCUT2D eigenvalue weighted by atomic mass is 79.9. The molecule has 26 heteroatoms. The average Bonchev–Trinajstić information content (AvgIpc) is 3.43. The predicted octanol–water partition coefficient (Wildman–Crippen LogP) is 7.47. The van der Waals surface area contributed by atoms with Crippen molar-refractivity contribution in [3.63, 3.8) is 0 Å². The number of anilines is 4. The highest BCUT2D eigenvalue weighted by molar-refractivity contribution is 9.10. The molecule has 12 N–H and O–H groups in total. The summed E-state index contributed by atoms with van der Waals surface area (Å²) in [5, 5.41) is 37.5. The van der Waals surface area contributed by atoms with Crippen LogP contribution in [0.25, 0.3) is 44.0 Å². The SMILES string of the molecule is C[C@H](Nc1nc(N)ncc1-c1cccc(S(N)(=O)=O)c1)c1cc2cccc(Cl)c2c(=O)n1-c1ccccc1.C[C@H](Nc1nc(N)ncc1Br)c1cc2cccc(Cl)c2c(=O)n1-c1ccccc1.NS(=O)(=O)c1cccc(B(O)O)c1.